The fourth-order valence-electron chi connectivity index (χ4n) is 2.39. The topological polar surface area (TPSA) is 36.4 Å². The lowest BCUT2D eigenvalue weighted by atomic mass is 10.1. The summed E-state index contributed by atoms with van der Waals surface area (Å²) < 4.78 is 0. The maximum absolute atomic E-state index is 11.1. The van der Waals surface area contributed by atoms with Crippen LogP contribution in [0.3, 0.4) is 0 Å². The fourth-order valence-corrected chi connectivity index (χ4v) is 3.48. The van der Waals surface area contributed by atoms with Crippen molar-refractivity contribution in [2.45, 2.75) is 39.7 Å². The number of aromatic nitrogens is 1. The minimum absolute atomic E-state index is 0.308. The van der Waals surface area contributed by atoms with E-state index in [4.69, 9.17) is 0 Å². The molecule has 0 spiro atoms. The molecule has 0 atom stereocenters. The number of carbonyl (C=O) groups is 1. The summed E-state index contributed by atoms with van der Waals surface area (Å²) in [6.45, 7) is 12.8. The summed E-state index contributed by atoms with van der Waals surface area (Å²) in [6, 6.07) is 0.607. The molecule has 0 aliphatic carbocycles. The third-order valence-corrected chi connectivity index (χ3v) is 4.70. The number of nitrogens with zero attached hydrogens (tertiary/aromatic N) is 3. The molecule has 1 fully saturated rings. The minimum atomic E-state index is 0.308. The maximum Gasteiger partial charge on any atom is 0.186 e. The zero-order valence-electron chi connectivity index (χ0n) is 12.2. The third kappa shape index (κ3) is 3.15. The van der Waals surface area contributed by atoms with Gasteiger partial charge in [-0.3, -0.25) is 9.69 Å². The molecular weight excluding hydrogens is 258 g/mol. The highest BCUT2D eigenvalue weighted by Gasteiger charge is 2.23. The van der Waals surface area contributed by atoms with Crippen molar-refractivity contribution in [2.75, 3.05) is 31.1 Å². The molecule has 0 aromatic carbocycles. The molecule has 0 N–H and O–H groups in total. The monoisotopic (exact) mass is 281 g/mol. The van der Waals surface area contributed by atoms with Crippen molar-refractivity contribution < 1.29 is 4.79 Å². The molecule has 0 bridgehead atoms. The summed E-state index contributed by atoms with van der Waals surface area (Å²) in [5.41, 5.74) is 0.946. The van der Waals surface area contributed by atoms with E-state index in [0.29, 0.717) is 12.0 Å². The molecule has 0 unspecified atom stereocenters. The Balaban J connectivity index is 2.09. The highest BCUT2D eigenvalue weighted by molar-refractivity contribution is 7.17. The van der Waals surface area contributed by atoms with E-state index < -0.39 is 0 Å². The number of hydrogen-bond donors (Lipinski definition) is 0. The largest absolute Gasteiger partial charge is 0.346 e. The van der Waals surface area contributed by atoms with Gasteiger partial charge in [0.15, 0.2) is 11.4 Å². The highest BCUT2D eigenvalue weighted by Crippen LogP contribution is 2.30. The van der Waals surface area contributed by atoms with Crippen molar-refractivity contribution in [1.82, 2.24) is 9.88 Å². The highest BCUT2D eigenvalue weighted by atomic mass is 32.1. The van der Waals surface area contributed by atoms with Crippen LogP contribution in [-0.4, -0.2) is 48.4 Å². The average molecular weight is 281 g/mol. The summed E-state index contributed by atoms with van der Waals surface area (Å²) in [4.78, 5) is 21.4. The van der Waals surface area contributed by atoms with Gasteiger partial charge < -0.3 is 4.90 Å². The quantitative estimate of drug-likeness (QED) is 0.795. The van der Waals surface area contributed by atoms with Gasteiger partial charge >= 0.3 is 0 Å². The Hall–Kier alpha value is -0.940. The number of carbonyl (C=O) groups excluding carboxylic acids is 1. The van der Waals surface area contributed by atoms with E-state index in [-0.39, 0.29) is 0 Å². The van der Waals surface area contributed by atoms with Crippen LogP contribution in [0.2, 0.25) is 0 Å². The van der Waals surface area contributed by atoms with Crippen LogP contribution in [0.4, 0.5) is 5.13 Å². The molecule has 106 valence electrons. The first kappa shape index (κ1) is 14.5. The van der Waals surface area contributed by atoms with Gasteiger partial charge in [-0.05, 0) is 19.8 Å². The van der Waals surface area contributed by atoms with Crippen LogP contribution in [0, 0.1) is 0 Å². The predicted octanol–water partition coefficient (Wildman–Crippen LogP) is 2.61. The van der Waals surface area contributed by atoms with Crippen molar-refractivity contribution in [3.63, 3.8) is 0 Å². The van der Waals surface area contributed by atoms with Gasteiger partial charge in [0.2, 0.25) is 0 Å². The van der Waals surface area contributed by atoms with Crippen LogP contribution in [0.25, 0.3) is 0 Å². The molecular formula is C14H23N3OS. The van der Waals surface area contributed by atoms with Crippen LogP contribution >= 0.6 is 11.3 Å². The summed E-state index contributed by atoms with van der Waals surface area (Å²) in [6.07, 6.45) is 0.945. The normalized spacial score (nSPS) is 17.5. The summed E-state index contributed by atoms with van der Waals surface area (Å²) >= 11 is 1.53. The fraction of sp³-hybridized carbons (Fsp3) is 0.714. The molecule has 2 heterocycles. The van der Waals surface area contributed by atoms with E-state index in [1.807, 2.05) is 0 Å². The van der Waals surface area contributed by atoms with E-state index >= 15 is 0 Å². The zero-order valence-corrected chi connectivity index (χ0v) is 13.0. The number of anilines is 1. The van der Waals surface area contributed by atoms with Crippen molar-refractivity contribution in [1.29, 1.82) is 0 Å². The van der Waals surface area contributed by atoms with Crippen LogP contribution in [-0.2, 0) is 0 Å². The van der Waals surface area contributed by atoms with Gasteiger partial charge in [-0.1, -0.05) is 25.2 Å². The van der Waals surface area contributed by atoms with Crippen molar-refractivity contribution in [2.24, 2.45) is 0 Å². The molecule has 1 aromatic heterocycles. The first-order valence-electron chi connectivity index (χ1n) is 6.97. The van der Waals surface area contributed by atoms with Crippen molar-refractivity contribution in [3.8, 4) is 0 Å². The van der Waals surface area contributed by atoms with Gasteiger partial charge in [0.25, 0.3) is 0 Å². The van der Waals surface area contributed by atoms with Crippen LogP contribution in [0.15, 0.2) is 0 Å². The number of aldehydes is 1. The van der Waals surface area contributed by atoms with E-state index in [1.165, 1.54) is 11.3 Å². The van der Waals surface area contributed by atoms with Gasteiger partial charge in [-0.25, -0.2) is 4.98 Å². The van der Waals surface area contributed by atoms with E-state index in [1.54, 1.807) is 0 Å². The van der Waals surface area contributed by atoms with Gasteiger partial charge in [0.05, 0.1) is 10.6 Å². The molecule has 5 heteroatoms. The average Bonchev–Trinajstić information content (AvgIpc) is 2.83. The Bertz CT molecular complexity index is 434. The van der Waals surface area contributed by atoms with E-state index in [0.717, 1.165) is 48.2 Å². The Morgan fingerprint density at radius 2 is 1.79 bits per heavy atom. The molecule has 0 radical (unpaired) electrons. The first-order valence-corrected chi connectivity index (χ1v) is 7.79. The lowest BCUT2D eigenvalue weighted by molar-refractivity contribution is 0.112. The molecule has 0 saturated carbocycles. The van der Waals surface area contributed by atoms with Gasteiger partial charge in [-0.2, -0.15) is 0 Å². The second kappa shape index (κ2) is 6.01. The second-order valence-corrected chi connectivity index (χ2v) is 6.64. The molecule has 1 saturated heterocycles. The first-order chi connectivity index (χ1) is 9.02. The van der Waals surface area contributed by atoms with Crippen molar-refractivity contribution in [3.05, 3.63) is 10.6 Å². The summed E-state index contributed by atoms with van der Waals surface area (Å²) in [7, 11) is 0. The van der Waals surface area contributed by atoms with Crippen LogP contribution in [0.1, 0.15) is 49.0 Å². The molecule has 1 aromatic rings. The number of hydrogen-bond acceptors (Lipinski definition) is 5. The summed E-state index contributed by atoms with van der Waals surface area (Å²) in [5, 5.41) is 1.01. The van der Waals surface area contributed by atoms with E-state index in [2.05, 4.69) is 42.5 Å². The zero-order chi connectivity index (χ0) is 14.0. The number of piperazine rings is 1. The second-order valence-electron chi connectivity index (χ2n) is 5.64. The molecule has 1 aliphatic rings. The van der Waals surface area contributed by atoms with Crippen LogP contribution < -0.4 is 4.90 Å². The standard InChI is InChI=1S/C14H23N3OS/c1-10(2)13-12(9-18)19-14(15-13)17-7-5-16(6-8-17)11(3)4/h9-11H,5-8H2,1-4H3. The predicted molar refractivity (Wildman–Crippen MR) is 80.5 cm³/mol. The number of rotatable bonds is 4. The Kier molecular flexibility index (Phi) is 4.58. The molecule has 19 heavy (non-hydrogen) atoms. The molecule has 1 aliphatic heterocycles. The third-order valence-electron chi connectivity index (χ3n) is 3.64. The van der Waals surface area contributed by atoms with Gasteiger partial charge in [0.1, 0.15) is 0 Å². The van der Waals surface area contributed by atoms with Gasteiger partial charge in [0, 0.05) is 32.2 Å². The van der Waals surface area contributed by atoms with E-state index in [9.17, 15) is 4.79 Å². The van der Waals surface area contributed by atoms with Gasteiger partial charge in [-0.15, -0.1) is 0 Å². The number of thiazole rings is 1. The smallest absolute Gasteiger partial charge is 0.186 e. The van der Waals surface area contributed by atoms with Crippen molar-refractivity contribution >= 4 is 22.8 Å². The minimum Gasteiger partial charge on any atom is -0.346 e. The molecule has 0 amide bonds. The lowest BCUT2D eigenvalue weighted by Gasteiger charge is -2.36. The molecule has 4 nitrogen and oxygen atoms in total. The maximum atomic E-state index is 11.1. The Labute approximate surface area is 119 Å². The SMILES string of the molecule is CC(C)c1nc(N2CCN(C(C)C)CC2)sc1C=O. The Morgan fingerprint density at radius 3 is 2.21 bits per heavy atom. The molecule has 2 rings (SSSR count). The summed E-state index contributed by atoms with van der Waals surface area (Å²) in [5.74, 6) is 0.308. The Morgan fingerprint density at radius 1 is 1.16 bits per heavy atom. The van der Waals surface area contributed by atoms with Crippen LogP contribution in [0.5, 0.6) is 0 Å². The lowest BCUT2D eigenvalue weighted by Crippen LogP contribution is -2.48.